The summed E-state index contributed by atoms with van der Waals surface area (Å²) in [6.07, 6.45) is 0.156. The molecule has 1 heterocycles. The molecule has 24 heavy (non-hydrogen) atoms. The van der Waals surface area contributed by atoms with Gasteiger partial charge in [-0.05, 0) is 43.7 Å². The predicted octanol–water partition coefficient (Wildman–Crippen LogP) is 3.87. The highest BCUT2D eigenvalue weighted by Crippen LogP contribution is 2.32. The zero-order valence-corrected chi connectivity index (χ0v) is 13.6. The van der Waals surface area contributed by atoms with Crippen LogP contribution in [0, 0.1) is 0 Å². The topological polar surface area (TPSA) is 65.7 Å². The number of fused-ring (bicyclic) bond motifs is 3. The van der Waals surface area contributed by atoms with Gasteiger partial charge in [0.05, 0.1) is 25.2 Å². The van der Waals surface area contributed by atoms with Crippen LogP contribution < -0.4 is 0 Å². The number of benzene rings is 2. The molecule has 2 aromatic carbocycles. The fourth-order valence-corrected chi connectivity index (χ4v) is 2.76. The van der Waals surface area contributed by atoms with Crippen LogP contribution in [0.1, 0.15) is 29.8 Å². The van der Waals surface area contributed by atoms with Gasteiger partial charge in [0.15, 0.2) is 0 Å². The average molecular weight is 326 g/mol. The molecule has 0 N–H and O–H groups in total. The van der Waals surface area contributed by atoms with E-state index in [-0.39, 0.29) is 18.4 Å². The van der Waals surface area contributed by atoms with Crippen molar-refractivity contribution in [2.75, 3.05) is 13.2 Å². The van der Waals surface area contributed by atoms with Gasteiger partial charge in [-0.2, -0.15) is 0 Å². The monoisotopic (exact) mass is 326 g/mol. The Kier molecular flexibility index (Phi) is 4.51. The molecule has 3 rings (SSSR count). The maximum Gasteiger partial charge on any atom is 0.338 e. The Bertz CT molecular complexity index is 907. The van der Waals surface area contributed by atoms with Gasteiger partial charge >= 0.3 is 11.9 Å². The first-order valence-electron chi connectivity index (χ1n) is 7.91. The SMILES string of the molecule is CCOC(=O)Cc1cccc2oc3ccc(C(=O)OCC)cc3c12. The number of hydrogen-bond acceptors (Lipinski definition) is 5. The number of esters is 2. The highest BCUT2D eigenvalue weighted by Gasteiger charge is 2.16. The maximum absolute atomic E-state index is 12.0. The van der Waals surface area contributed by atoms with Crippen molar-refractivity contribution in [2.45, 2.75) is 20.3 Å². The summed E-state index contributed by atoms with van der Waals surface area (Å²) < 4.78 is 15.9. The van der Waals surface area contributed by atoms with Gasteiger partial charge in [0.2, 0.25) is 0 Å². The number of carbonyl (C=O) groups excluding carboxylic acids is 2. The molecule has 1 aromatic heterocycles. The van der Waals surface area contributed by atoms with Crippen LogP contribution in [0.25, 0.3) is 21.9 Å². The second kappa shape index (κ2) is 6.74. The molecule has 0 bridgehead atoms. The predicted molar refractivity (Wildman–Crippen MR) is 90.0 cm³/mol. The van der Waals surface area contributed by atoms with Gasteiger partial charge in [-0.25, -0.2) is 4.79 Å². The lowest BCUT2D eigenvalue weighted by Gasteiger charge is -2.04. The van der Waals surface area contributed by atoms with E-state index in [0.29, 0.717) is 29.9 Å². The Hall–Kier alpha value is -2.82. The first kappa shape index (κ1) is 16.1. The molecule has 124 valence electrons. The Morgan fingerprint density at radius 1 is 1.00 bits per heavy atom. The summed E-state index contributed by atoms with van der Waals surface area (Å²) in [5, 5.41) is 1.61. The van der Waals surface area contributed by atoms with Crippen LogP contribution in [-0.4, -0.2) is 25.2 Å². The molecule has 0 aliphatic heterocycles. The molecule has 0 fully saturated rings. The maximum atomic E-state index is 12.0. The van der Waals surface area contributed by atoms with Gasteiger partial charge in [-0.1, -0.05) is 12.1 Å². The first-order valence-corrected chi connectivity index (χ1v) is 7.91. The summed E-state index contributed by atoms with van der Waals surface area (Å²) in [5.74, 6) is -0.669. The summed E-state index contributed by atoms with van der Waals surface area (Å²) in [7, 11) is 0. The summed E-state index contributed by atoms with van der Waals surface area (Å²) in [4.78, 5) is 23.8. The van der Waals surface area contributed by atoms with Crippen LogP contribution in [0.2, 0.25) is 0 Å². The van der Waals surface area contributed by atoms with Crippen molar-refractivity contribution >= 4 is 33.9 Å². The molecule has 0 unspecified atom stereocenters. The van der Waals surface area contributed by atoms with E-state index in [9.17, 15) is 9.59 Å². The lowest BCUT2D eigenvalue weighted by molar-refractivity contribution is -0.142. The number of hydrogen-bond donors (Lipinski definition) is 0. The summed E-state index contributed by atoms with van der Waals surface area (Å²) in [5.41, 5.74) is 2.60. The van der Waals surface area contributed by atoms with E-state index in [0.717, 1.165) is 16.3 Å². The third-order valence-electron chi connectivity index (χ3n) is 3.73. The van der Waals surface area contributed by atoms with Crippen molar-refractivity contribution in [2.24, 2.45) is 0 Å². The molecule has 0 amide bonds. The summed E-state index contributed by atoms with van der Waals surface area (Å²) >= 11 is 0. The van der Waals surface area contributed by atoms with Gasteiger partial charge in [-0.15, -0.1) is 0 Å². The molecule has 5 heteroatoms. The van der Waals surface area contributed by atoms with E-state index in [1.54, 1.807) is 32.0 Å². The summed E-state index contributed by atoms with van der Waals surface area (Å²) in [6.45, 7) is 4.20. The van der Waals surface area contributed by atoms with Crippen molar-refractivity contribution in [3.05, 3.63) is 47.5 Å². The van der Waals surface area contributed by atoms with Crippen LogP contribution in [0.15, 0.2) is 40.8 Å². The number of carbonyl (C=O) groups is 2. The Balaban J connectivity index is 2.12. The zero-order valence-electron chi connectivity index (χ0n) is 13.6. The van der Waals surface area contributed by atoms with Crippen molar-refractivity contribution in [3.63, 3.8) is 0 Å². The molecule has 0 saturated heterocycles. The highest BCUT2D eigenvalue weighted by atomic mass is 16.5. The average Bonchev–Trinajstić information content (AvgIpc) is 2.94. The third-order valence-corrected chi connectivity index (χ3v) is 3.73. The van der Waals surface area contributed by atoms with Gasteiger partial charge in [0.25, 0.3) is 0 Å². The third kappa shape index (κ3) is 2.97. The normalized spacial score (nSPS) is 10.9. The lowest BCUT2D eigenvalue weighted by atomic mass is 10.0. The van der Waals surface area contributed by atoms with Crippen LogP contribution in [-0.2, 0) is 20.7 Å². The first-order chi connectivity index (χ1) is 11.6. The van der Waals surface area contributed by atoms with Crippen molar-refractivity contribution in [1.29, 1.82) is 0 Å². The quantitative estimate of drug-likeness (QED) is 0.666. The second-order valence-corrected chi connectivity index (χ2v) is 5.31. The van der Waals surface area contributed by atoms with E-state index >= 15 is 0 Å². The van der Waals surface area contributed by atoms with Gasteiger partial charge in [-0.3, -0.25) is 4.79 Å². The van der Waals surface area contributed by atoms with E-state index in [4.69, 9.17) is 13.9 Å². The Morgan fingerprint density at radius 2 is 1.79 bits per heavy atom. The smallest absolute Gasteiger partial charge is 0.338 e. The second-order valence-electron chi connectivity index (χ2n) is 5.31. The molecule has 3 aromatic rings. The highest BCUT2D eigenvalue weighted by molar-refractivity contribution is 6.09. The molecule has 0 aliphatic rings. The van der Waals surface area contributed by atoms with Crippen molar-refractivity contribution < 1.29 is 23.5 Å². The number of ether oxygens (including phenoxy) is 2. The molecule has 0 spiro atoms. The van der Waals surface area contributed by atoms with Gasteiger partial charge < -0.3 is 13.9 Å². The number of rotatable bonds is 5. The minimum Gasteiger partial charge on any atom is -0.466 e. The standard InChI is InChI=1S/C19H18O5/c1-3-22-17(20)11-12-6-5-7-16-18(12)14-10-13(19(21)23-4-2)8-9-15(14)24-16/h5-10H,3-4,11H2,1-2H3. The molecule has 5 nitrogen and oxygen atoms in total. The fourth-order valence-electron chi connectivity index (χ4n) is 2.76. The minimum atomic E-state index is -0.378. The number of furan rings is 1. The summed E-state index contributed by atoms with van der Waals surface area (Å²) in [6, 6.07) is 10.7. The molecule has 0 saturated carbocycles. The van der Waals surface area contributed by atoms with E-state index in [1.807, 2.05) is 18.2 Å². The van der Waals surface area contributed by atoms with E-state index < -0.39 is 0 Å². The van der Waals surface area contributed by atoms with Crippen molar-refractivity contribution in [1.82, 2.24) is 0 Å². The zero-order chi connectivity index (χ0) is 17.1. The molecule has 0 radical (unpaired) electrons. The molecule has 0 aliphatic carbocycles. The molecular weight excluding hydrogens is 308 g/mol. The minimum absolute atomic E-state index is 0.156. The van der Waals surface area contributed by atoms with Crippen molar-refractivity contribution in [3.8, 4) is 0 Å². The van der Waals surface area contributed by atoms with Crippen LogP contribution in [0.5, 0.6) is 0 Å². The van der Waals surface area contributed by atoms with Crippen LogP contribution in [0.4, 0.5) is 0 Å². The molecular formula is C19H18O5. The Labute approximate surface area is 139 Å². The van der Waals surface area contributed by atoms with Gasteiger partial charge in [0, 0.05) is 10.8 Å². The fraction of sp³-hybridized carbons (Fsp3) is 0.263. The molecule has 0 atom stereocenters. The van der Waals surface area contributed by atoms with E-state index in [2.05, 4.69) is 0 Å². The lowest BCUT2D eigenvalue weighted by Crippen LogP contribution is -2.07. The Morgan fingerprint density at radius 3 is 2.54 bits per heavy atom. The van der Waals surface area contributed by atoms with Crippen LogP contribution >= 0.6 is 0 Å². The van der Waals surface area contributed by atoms with Crippen LogP contribution in [0.3, 0.4) is 0 Å². The van der Waals surface area contributed by atoms with Gasteiger partial charge in [0.1, 0.15) is 11.2 Å². The largest absolute Gasteiger partial charge is 0.466 e. The van der Waals surface area contributed by atoms with E-state index in [1.165, 1.54) is 0 Å².